The molecular formula is C15H15FN4. The number of hydrogen-bond acceptors (Lipinski definition) is 3. The van der Waals surface area contributed by atoms with E-state index in [0.717, 1.165) is 11.2 Å². The van der Waals surface area contributed by atoms with E-state index in [9.17, 15) is 4.39 Å². The molecule has 2 aromatic heterocycles. The minimum Gasteiger partial charge on any atom is -0.349 e. The SMILES string of the molecule is Cc1cc(CNc2nc3ccccn3n2)cc(C)c1F. The quantitative estimate of drug-likeness (QED) is 0.795. The lowest BCUT2D eigenvalue weighted by molar-refractivity contribution is 0.608. The average Bonchev–Trinajstić information content (AvgIpc) is 2.85. The first kappa shape index (κ1) is 12.6. The van der Waals surface area contributed by atoms with Crippen LogP contribution in [0.25, 0.3) is 5.65 Å². The van der Waals surface area contributed by atoms with E-state index in [1.807, 2.05) is 36.5 Å². The molecule has 0 aliphatic heterocycles. The summed E-state index contributed by atoms with van der Waals surface area (Å²) in [7, 11) is 0. The van der Waals surface area contributed by atoms with Crippen molar-refractivity contribution in [2.24, 2.45) is 0 Å². The number of pyridine rings is 1. The Kier molecular flexibility index (Phi) is 3.10. The first-order valence-electron chi connectivity index (χ1n) is 6.44. The van der Waals surface area contributed by atoms with E-state index in [1.165, 1.54) is 0 Å². The monoisotopic (exact) mass is 270 g/mol. The predicted octanol–water partition coefficient (Wildman–Crippen LogP) is 3.10. The Bertz CT molecular complexity index is 707. The van der Waals surface area contributed by atoms with Crippen molar-refractivity contribution in [3.8, 4) is 0 Å². The van der Waals surface area contributed by atoms with E-state index >= 15 is 0 Å². The van der Waals surface area contributed by atoms with Gasteiger partial charge in [0.05, 0.1) is 0 Å². The first-order chi connectivity index (χ1) is 9.63. The Labute approximate surface area is 116 Å². The number of aryl methyl sites for hydroxylation is 2. The van der Waals surface area contributed by atoms with Gasteiger partial charge in [0, 0.05) is 12.7 Å². The molecule has 2 heterocycles. The van der Waals surface area contributed by atoms with Crippen LogP contribution in [0.2, 0.25) is 0 Å². The molecule has 0 bridgehead atoms. The van der Waals surface area contributed by atoms with Gasteiger partial charge in [-0.25, -0.2) is 8.91 Å². The smallest absolute Gasteiger partial charge is 0.243 e. The molecule has 0 fully saturated rings. The van der Waals surface area contributed by atoms with Crippen LogP contribution in [0.1, 0.15) is 16.7 Å². The van der Waals surface area contributed by atoms with Crippen LogP contribution < -0.4 is 5.32 Å². The molecule has 1 aromatic carbocycles. The third kappa shape index (κ3) is 2.34. The second kappa shape index (κ2) is 4.92. The van der Waals surface area contributed by atoms with E-state index in [2.05, 4.69) is 15.4 Å². The lowest BCUT2D eigenvalue weighted by Crippen LogP contribution is -2.03. The van der Waals surface area contributed by atoms with Crippen molar-refractivity contribution >= 4 is 11.6 Å². The number of nitrogens with one attached hydrogen (secondary N) is 1. The minimum atomic E-state index is -0.139. The van der Waals surface area contributed by atoms with Crippen LogP contribution in [0.5, 0.6) is 0 Å². The van der Waals surface area contributed by atoms with Gasteiger partial charge in [0.15, 0.2) is 5.65 Å². The average molecular weight is 270 g/mol. The van der Waals surface area contributed by atoms with Crippen LogP contribution in [0, 0.1) is 19.7 Å². The van der Waals surface area contributed by atoms with Crippen LogP contribution in [0.15, 0.2) is 36.5 Å². The molecule has 4 nitrogen and oxygen atoms in total. The highest BCUT2D eigenvalue weighted by Crippen LogP contribution is 2.15. The van der Waals surface area contributed by atoms with Crippen molar-refractivity contribution in [1.82, 2.24) is 14.6 Å². The predicted molar refractivity (Wildman–Crippen MR) is 76.2 cm³/mol. The maximum atomic E-state index is 13.6. The summed E-state index contributed by atoms with van der Waals surface area (Å²) in [6, 6.07) is 9.39. The zero-order valence-corrected chi connectivity index (χ0v) is 11.4. The number of nitrogens with zero attached hydrogens (tertiary/aromatic N) is 3. The summed E-state index contributed by atoms with van der Waals surface area (Å²) in [4.78, 5) is 4.36. The fraction of sp³-hybridized carbons (Fsp3) is 0.200. The topological polar surface area (TPSA) is 42.2 Å². The van der Waals surface area contributed by atoms with Gasteiger partial charge in [-0.1, -0.05) is 18.2 Å². The molecule has 0 amide bonds. The van der Waals surface area contributed by atoms with E-state index in [-0.39, 0.29) is 5.82 Å². The molecule has 1 N–H and O–H groups in total. The van der Waals surface area contributed by atoms with Crippen molar-refractivity contribution < 1.29 is 4.39 Å². The standard InChI is InChI=1S/C15H15FN4/c1-10-7-12(8-11(2)14(10)16)9-17-15-18-13-5-3-4-6-20(13)19-15/h3-8H,9H2,1-2H3,(H,17,19). The van der Waals surface area contributed by atoms with Gasteiger partial charge in [0.2, 0.25) is 5.95 Å². The molecule has 0 aliphatic rings. The normalized spacial score (nSPS) is 10.9. The number of aromatic nitrogens is 3. The van der Waals surface area contributed by atoms with Crippen LogP contribution >= 0.6 is 0 Å². The summed E-state index contributed by atoms with van der Waals surface area (Å²) < 4.78 is 15.3. The lowest BCUT2D eigenvalue weighted by atomic mass is 10.1. The lowest BCUT2D eigenvalue weighted by Gasteiger charge is -2.07. The summed E-state index contributed by atoms with van der Waals surface area (Å²) in [5.41, 5.74) is 3.12. The van der Waals surface area contributed by atoms with Crippen molar-refractivity contribution in [2.75, 3.05) is 5.32 Å². The molecule has 0 aliphatic carbocycles. The third-order valence-electron chi connectivity index (χ3n) is 3.19. The van der Waals surface area contributed by atoms with Crippen molar-refractivity contribution in [3.63, 3.8) is 0 Å². The van der Waals surface area contributed by atoms with Gasteiger partial charge in [-0.3, -0.25) is 0 Å². The number of hydrogen-bond donors (Lipinski definition) is 1. The summed E-state index contributed by atoms with van der Waals surface area (Å²) >= 11 is 0. The Balaban J connectivity index is 1.79. The summed E-state index contributed by atoms with van der Waals surface area (Å²) in [6.07, 6.45) is 1.85. The molecule has 0 saturated carbocycles. The van der Waals surface area contributed by atoms with E-state index in [0.29, 0.717) is 23.6 Å². The fourth-order valence-corrected chi connectivity index (χ4v) is 2.23. The molecule has 0 atom stereocenters. The molecule has 3 rings (SSSR count). The molecule has 0 spiro atoms. The van der Waals surface area contributed by atoms with E-state index in [1.54, 1.807) is 18.4 Å². The van der Waals surface area contributed by atoms with Gasteiger partial charge in [0.25, 0.3) is 0 Å². The summed E-state index contributed by atoms with van der Waals surface area (Å²) in [6.45, 7) is 4.11. The highest BCUT2D eigenvalue weighted by molar-refractivity contribution is 5.43. The van der Waals surface area contributed by atoms with Gasteiger partial charge in [-0.05, 0) is 42.7 Å². The van der Waals surface area contributed by atoms with Crippen LogP contribution in [-0.2, 0) is 6.54 Å². The zero-order chi connectivity index (χ0) is 14.1. The van der Waals surface area contributed by atoms with Crippen LogP contribution in [0.3, 0.4) is 0 Å². The minimum absolute atomic E-state index is 0.139. The number of halogens is 1. The molecule has 0 radical (unpaired) electrons. The highest BCUT2D eigenvalue weighted by Gasteiger charge is 2.06. The molecular weight excluding hydrogens is 255 g/mol. The number of anilines is 1. The zero-order valence-electron chi connectivity index (χ0n) is 11.4. The van der Waals surface area contributed by atoms with Crippen molar-refractivity contribution in [1.29, 1.82) is 0 Å². The molecule has 0 unspecified atom stereocenters. The Morgan fingerprint density at radius 2 is 1.95 bits per heavy atom. The first-order valence-corrected chi connectivity index (χ1v) is 6.44. The molecule has 102 valence electrons. The summed E-state index contributed by atoms with van der Waals surface area (Å²) in [5, 5.41) is 7.47. The van der Waals surface area contributed by atoms with E-state index in [4.69, 9.17) is 0 Å². The molecule has 0 saturated heterocycles. The summed E-state index contributed by atoms with van der Waals surface area (Å²) in [5.74, 6) is 0.426. The second-order valence-electron chi connectivity index (χ2n) is 4.84. The van der Waals surface area contributed by atoms with Gasteiger partial charge in [-0.2, -0.15) is 4.98 Å². The Hall–Kier alpha value is -2.43. The highest BCUT2D eigenvalue weighted by atomic mass is 19.1. The largest absolute Gasteiger partial charge is 0.349 e. The van der Waals surface area contributed by atoms with Gasteiger partial charge in [-0.15, -0.1) is 5.10 Å². The van der Waals surface area contributed by atoms with Crippen molar-refractivity contribution in [3.05, 3.63) is 59.0 Å². The van der Waals surface area contributed by atoms with Gasteiger partial charge < -0.3 is 5.32 Å². The maximum absolute atomic E-state index is 13.6. The molecule has 20 heavy (non-hydrogen) atoms. The third-order valence-corrected chi connectivity index (χ3v) is 3.19. The fourth-order valence-electron chi connectivity index (χ4n) is 2.23. The van der Waals surface area contributed by atoms with Gasteiger partial charge >= 0.3 is 0 Å². The second-order valence-corrected chi connectivity index (χ2v) is 4.84. The van der Waals surface area contributed by atoms with Crippen molar-refractivity contribution in [2.45, 2.75) is 20.4 Å². The van der Waals surface area contributed by atoms with Gasteiger partial charge in [0.1, 0.15) is 5.82 Å². The number of rotatable bonds is 3. The maximum Gasteiger partial charge on any atom is 0.243 e. The number of benzene rings is 1. The van der Waals surface area contributed by atoms with Crippen LogP contribution in [0.4, 0.5) is 10.3 Å². The van der Waals surface area contributed by atoms with E-state index < -0.39 is 0 Å². The number of fused-ring (bicyclic) bond motifs is 1. The Morgan fingerprint density at radius 1 is 1.20 bits per heavy atom. The molecule has 3 aromatic rings. The molecule has 5 heteroatoms. The Morgan fingerprint density at radius 3 is 2.65 bits per heavy atom. The van der Waals surface area contributed by atoms with Crippen LogP contribution in [-0.4, -0.2) is 14.6 Å².